The van der Waals surface area contributed by atoms with E-state index in [-0.39, 0.29) is 17.8 Å². The fraction of sp³-hybridized carbons (Fsp3) is 0.211. The van der Waals surface area contributed by atoms with E-state index in [0.29, 0.717) is 5.92 Å². The molecule has 3 aliphatic carbocycles. The summed E-state index contributed by atoms with van der Waals surface area (Å²) in [6.45, 7) is 3.50. The molecule has 21 heavy (non-hydrogen) atoms. The number of benzene rings is 2. The minimum Gasteiger partial charge on any atom is -0.435 e. The molecule has 0 aromatic heterocycles. The van der Waals surface area contributed by atoms with Gasteiger partial charge in [0.15, 0.2) is 0 Å². The smallest absolute Gasteiger partial charge is 0.314 e. The number of esters is 1. The third-order valence-corrected chi connectivity index (χ3v) is 4.81. The molecule has 104 valence electrons. The third-order valence-electron chi connectivity index (χ3n) is 4.81. The van der Waals surface area contributed by atoms with Crippen LogP contribution in [-0.4, -0.2) is 5.97 Å². The predicted octanol–water partition coefficient (Wildman–Crippen LogP) is 3.97. The van der Waals surface area contributed by atoms with Gasteiger partial charge in [-0.15, -0.1) is 0 Å². The van der Waals surface area contributed by atoms with Crippen LogP contribution in [0.3, 0.4) is 0 Å². The lowest BCUT2D eigenvalue weighted by molar-refractivity contribution is -0.144. The monoisotopic (exact) mass is 276 g/mol. The molecular weight excluding hydrogens is 260 g/mol. The first kappa shape index (κ1) is 12.4. The summed E-state index contributed by atoms with van der Waals surface area (Å²) in [5.41, 5.74) is 5.28. The Morgan fingerprint density at radius 2 is 1.52 bits per heavy atom. The Labute approximate surface area is 124 Å². The average Bonchev–Trinajstić information content (AvgIpc) is 2.55. The summed E-state index contributed by atoms with van der Waals surface area (Å²) in [6, 6.07) is 17.0. The minimum absolute atomic E-state index is 0.106. The van der Waals surface area contributed by atoms with Gasteiger partial charge in [-0.3, -0.25) is 4.79 Å². The van der Waals surface area contributed by atoms with Crippen LogP contribution >= 0.6 is 0 Å². The van der Waals surface area contributed by atoms with E-state index in [0.717, 1.165) is 6.42 Å². The van der Waals surface area contributed by atoms with Crippen molar-refractivity contribution in [3.63, 3.8) is 0 Å². The van der Waals surface area contributed by atoms with Crippen LogP contribution in [0.1, 0.15) is 40.5 Å². The maximum Gasteiger partial charge on any atom is 0.314 e. The summed E-state index contributed by atoms with van der Waals surface area (Å²) in [5.74, 6) is 0.126. The fourth-order valence-corrected chi connectivity index (χ4v) is 4.04. The highest BCUT2D eigenvalue weighted by molar-refractivity contribution is 5.78. The van der Waals surface area contributed by atoms with Crippen LogP contribution in [0.15, 0.2) is 61.4 Å². The van der Waals surface area contributed by atoms with Gasteiger partial charge in [-0.2, -0.15) is 0 Å². The van der Waals surface area contributed by atoms with Gasteiger partial charge in [-0.1, -0.05) is 55.1 Å². The predicted molar refractivity (Wildman–Crippen MR) is 81.0 cm³/mol. The zero-order valence-corrected chi connectivity index (χ0v) is 11.7. The molecule has 0 amide bonds. The molecule has 0 saturated heterocycles. The highest BCUT2D eigenvalue weighted by atomic mass is 16.5. The number of ether oxygens (including phenoxy) is 1. The van der Waals surface area contributed by atoms with Crippen molar-refractivity contribution in [2.45, 2.75) is 18.3 Å². The number of fused-ring (bicyclic) bond motifs is 1. The third kappa shape index (κ3) is 1.69. The Morgan fingerprint density at radius 1 is 1.00 bits per heavy atom. The molecule has 1 atom stereocenters. The van der Waals surface area contributed by atoms with Crippen molar-refractivity contribution in [3.05, 3.63) is 83.6 Å². The Kier molecular flexibility index (Phi) is 2.71. The fourth-order valence-electron chi connectivity index (χ4n) is 4.04. The molecule has 0 heterocycles. The maximum absolute atomic E-state index is 12.3. The first-order valence-electron chi connectivity index (χ1n) is 7.30. The molecule has 0 N–H and O–H groups in total. The molecular formula is C19H16O2. The molecule has 2 heteroatoms. The van der Waals surface area contributed by atoms with Crippen molar-refractivity contribution in [1.82, 2.24) is 0 Å². The van der Waals surface area contributed by atoms with E-state index in [4.69, 9.17) is 4.74 Å². The van der Waals surface area contributed by atoms with Crippen molar-refractivity contribution in [2.24, 2.45) is 5.92 Å². The Balaban J connectivity index is 1.90. The van der Waals surface area contributed by atoms with Gasteiger partial charge in [-0.05, 0) is 28.7 Å². The second kappa shape index (κ2) is 4.59. The van der Waals surface area contributed by atoms with Gasteiger partial charge in [0.1, 0.15) is 0 Å². The summed E-state index contributed by atoms with van der Waals surface area (Å²) >= 11 is 0. The largest absolute Gasteiger partial charge is 0.435 e. The molecule has 0 fully saturated rings. The molecule has 2 nitrogen and oxygen atoms in total. The summed E-state index contributed by atoms with van der Waals surface area (Å²) in [5, 5.41) is 0. The van der Waals surface area contributed by atoms with Crippen LogP contribution in [0.2, 0.25) is 0 Å². The number of hydrogen-bond donors (Lipinski definition) is 0. The van der Waals surface area contributed by atoms with Gasteiger partial charge < -0.3 is 4.74 Å². The molecule has 0 radical (unpaired) electrons. The lowest BCUT2D eigenvalue weighted by atomic mass is 9.59. The van der Waals surface area contributed by atoms with E-state index in [2.05, 4.69) is 55.1 Å². The number of hydrogen-bond acceptors (Lipinski definition) is 2. The van der Waals surface area contributed by atoms with Gasteiger partial charge in [-0.25, -0.2) is 0 Å². The molecule has 5 rings (SSSR count). The minimum atomic E-state index is -0.163. The normalized spacial score (nSPS) is 24.9. The SMILES string of the molecule is C=COC(=O)C1CC2c3ccccc3C1c1ccccc12. The van der Waals surface area contributed by atoms with Crippen LogP contribution in [0.4, 0.5) is 0 Å². The Morgan fingerprint density at radius 3 is 2.05 bits per heavy atom. The molecule has 0 saturated carbocycles. The number of carbonyl (C=O) groups is 1. The topological polar surface area (TPSA) is 26.3 Å². The highest BCUT2D eigenvalue weighted by Crippen LogP contribution is 2.55. The summed E-state index contributed by atoms with van der Waals surface area (Å²) < 4.78 is 5.09. The van der Waals surface area contributed by atoms with Crippen LogP contribution in [0.5, 0.6) is 0 Å². The van der Waals surface area contributed by atoms with E-state index in [1.54, 1.807) is 0 Å². The quantitative estimate of drug-likeness (QED) is 0.613. The Bertz CT molecular complexity index is 684. The van der Waals surface area contributed by atoms with E-state index in [9.17, 15) is 4.79 Å². The number of carbonyl (C=O) groups excluding carboxylic acids is 1. The molecule has 1 unspecified atom stereocenters. The average molecular weight is 276 g/mol. The van der Waals surface area contributed by atoms with E-state index >= 15 is 0 Å². The zero-order chi connectivity index (χ0) is 14.4. The molecule has 2 aromatic rings. The van der Waals surface area contributed by atoms with Gasteiger partial charge in [0.2, 0.25) is 0 Å². The molecule has 0 spiro atoms. The van der Waals surface area contributed by atoms with Crippen molar-refractivity contribution in [1.29, 1.82) is 0 Å². The first-order valence-corrected chi connectivity index (χ1v) is 7.30. The van der Waals surface area contributed by atoms with Crippen molar-refractivity contribution < 1.29 is 9.53 Å². The number of rotatable bonds is 2. The van der Waals surface area contributed by atoms with Gasteiger partial charge in [0.05, 0.1) is 12.2 Å². The second-order valence-corrected chi connectivity index (χ2v) is 5.73. The highest BCUT2D eigenvalue weighted by Gasteiger charge is 2.46. The molecule has 2 bridgehead atoms. The second-order valence-electron chi connectivity index (χ2n) is 5.73. The van der Waals surface area contributed by atoms with E-state index in [1.165, 1.54) is 28.5 Å². The Hall–Kier alpha value is -2.35. The first-order chi connectivity index (χ1) is 10.3. The van der Waals surface area contributed by atoms with Gasteiger partial charge >= 0.3 is 5.97 Å². The molecule has 2 aromatic carbocycles. The lowest BCUT2D eigenvalue weighted by Gasteiger charge is -2.44. The van der Waals surface area contributed by atoms with Crippen LogP contribution < -0.4 is 0 Å². The summed E-state index contributed by atoms with van der Waals surface area (Å²) in [7, 11) is 0. The maximum atomic E-state index is 12.3. The van der Waals surface area contributed by atoms with Crippen LogP contribution in [-0.2, 0) is 9.53 Å². The van der Waals surface area contributed by atoms with Gasteiger partial charge in [0, 0.05) is 11.8 Å². The standard InChI is InChI=1S/C19H16O2/c1-2-21-19(20)17-11-16-12-7-3-5-9-14(12)18(17)15-10-6-4-8-13(15)16/h2-10,16-18H,1,11H2. The van der Waals surface area contributed by atoms with Gasteiger partial charge in [0.25, 0.3) is 0 Å². The van der Waals surface area contributed by atoms with E-state index in [1.807, 2.05) is 0 Å². The van der Waals surface area contributed by atoms with Crippen molar-refractivity contribution in [2.75, 3.05) is 0 Å². The summed E-state index contributed by atoms with van der Waals surface area (Å²) in [6.07, 6.45) is 2.06. The zero-order valence-electron chi connectivity index (χ0n) is 11.7. The van der Waals surface area contributed by atoms with Crippen LogP contribution in [0, 0.1) is 5.92 Å². The van der Waals surface area contributed by atoms with E-state index < -0.39 is 0 Å². The molecule has 0 aliphatic heterocycles. The van der Waals surface area contributed by atoms with Crippen molar-refractivity contribution in [3.8, 4) is 0 Å². The summed E-state index contributed by atoms with van der Waals surface area (Å²) in [4.78, 5) is 12.3. The lowest BCUT2D eigenvalue weighted by Crippen LogP contribution is -2.36. The van der Waals surface area contributed by atoms with Crippen LogP contribution in [0.25, 0.3) is 0 Å². The molecule has 3 aliphatic rings. The van der Waals surface area contributed by atoms with Crippen molar-refractivity contribution >= 4 is 5.97 Å².